The molecule has 1 N–H and O–H groups in total. The minimum Gasteiger partial charge on any atom is -0.497 e. The highest BCUT2D eigenvalue weighted by Crippen LogP contribution is 2.34. The van der Waals surface area contributed by atoms with Gasteiger partial charge in [0, 0.05) is 31.3 Å². The topological polar surface area (TPSA) is 108 Å². The predicted molar refractivity (Wildman–Crippen MR) is 143 cm³/mol. The lowest BCUT2D eigenvalue weighted by Crippen LogP contribution is -2.48. The van der Waals surface area contributed by atoms with Crippen molar-refractivity contribution in [3.05, 3.63) is 48.0 Å². The molecule has 0 saturated carbocycles. The van der Waals surface area contributed by atoms with Crippen LogP contribution < -0.4 is 14.8 Å². The fraction of sp³-hybridized carbons (Fsp3) is 0.500. The van der Waals surface area contributed by atoms with Crippen LogP contribution in [0.3, 0.4) is 0 Å². The smallest absolute Gasteiger partial charge is 0.247 e. The van der Waals surface area contributed by atoms with E-state index in [1.54, 1.807) is 42.0 Å². The van der Waals surface area contributed by atoms with Crippen LogP contribution >= 0.6 is 0 Å². The van der Waals surface area contributed by atoms with Crippen molar-refractivity contribution in [1.29, 1.82) is 0 Å². The largest absolute Gasteiger partial charge is 0.497 e. The zero-order valence-corrected chi connectivity index (χ0v) is 22.6. The molecule has 204 valence electrons. The highest BCUT2D eigenvalue weighted by Gasteiger charge is 2.36. The lowest BCUT2D eigenvalue weighted by Gasteiger charge is -2.34. The van der Waals surface area contributed by atoms with Crippen molar-refractivity contribution < 1.29 is 23.8 Å². The number of ether oxygens (including phenoxy) is 3. The molecule has 2 atom stereocenters. The average molecular weight is 524 g/mol. The van der Waals surface area contributed by atoms with E-state index in [4.69, 9.17) is 14.2 Å². The minimum atomic E-state index is -0.936. The molecule has 1 aromatic heterocycles. The number of aromatic nitrogens is 3. The van der Waals surface area contributed by atoms with Crippen LogP contribution in [0.4, 0.5) is 0 Å². The summed E-state index contributed by atoms with van der Waals surface area (Å²) >= 11 is 0. The Morgan fingerprint density at radius 1 is 1.18 bits per heavy atom. The molecule has 1 aliphatic heterocycles. The van der Waals surface area contributed by atoms with Gasteiger partial charge in [0.2, 0.25) is 11.8 Å². The van der Waals surface area contributed by atoms with Gasteiger partial charge in [0.1, 0.15) is 29.6 Å². The van der Waals surface area contributed by atoms with Crippen molar-refractivity contribution in [2.45, 2.75) is 51.8 Å². The number of carbonyl (C=O) groups is 2. The third-order valence-electron chi connectivity index (χ3n) is 6.77. The highest BCUT2D eigenvalue weighted by atomic mass is 16.5. The molecule has 1 aliphatic rings. The Morgan fingerprint density at radius 3 is 2.71 bits per heavy atom. The lowest BCUT2D eigenvalue weighted by atomic mass is 10.0. The van der Waals surface area contributed by atoms with Gasteiger partial charge in [0.05, 0.1) is 25.8 Å². The summed E-state index contributed by atoms with van der Waals surface area (Å²) in [5.41, 5.74) is 2.02. The first-order valence-electron chi connectivity index (χ1n) is 13.1. The molecule has 3 aromatic rings. The quantitative estimate of drug-likeness (QED) is 0.388. The number of methoxy groups -OCH3 is 2. The molecule has 10 heteroatoms. The maximum atomic E-state index is 14.0. The summed E-state index contributed by atoms with van der Waals surface area (Å²) in [5.74, 6) is 0.941. The maximum absolute atomic E-state index is 14.0. The number of benzene rings is 2. The van der Waals surface area contributed by atoms with E-state index < -0.39 is 6.04 Å². The lowest BCUT2D eigenvalue weighted by molar-refractivity contribution is -0.143. The van der Waals surface area contributed by atoms with Gasteiger partial charge in [-0.2, -0.15) is 0 Å². The van der Waals surface area contributed by atoms with Gasteiger partial charge in [0.25, 0.3) is 0 Å². The van der Waals surface area contributed by atoms with Crippen molar-refractivity contribution in [1.82, 2.24) is 25.2 Å². The summed E-state index contributed by atoms with van der Waals surface area (Å²) in [6, 6.07) is 11.8. The fourth-order valence-corrected chi connectivity index (χ4v) is 4.69. The van der Waals surface area contributed by atoms with Gasteiger partial charge in [-0.05, 0) is 49.4 Å². The second-order valence-electron chi connectivity index (χ2n) is 9.90. The van der Waals surface area contributed by atoms with Crippen LogP contribution in [0.2, 0.25) is 0 Å². The number of nitrogens with zero attached hydrogens (tertiary/aromatic N) is 4. The van der Waals surface area contributed by atoms with Crippen molar-refractivity contribution in [2.75, 3.05) is 33.9 Å². The van der Waals surface area contributed by atoms with Crippen molar-refractivity contribution >= 4 is 22.8 Å². The monoisotopic (exact) mass is 523 g/mol. The number of fused-ring (bicyclic) bond motifs is 1. The van der Waals surface area contributed by atoms with E-state index >= 15 is 0 Å². The Kier molecular flexibility index (Phi) is 9.17. The molecule has 0 aliphatic carbocycles. The summed E-state index contributed by atoms with van der Waals surface area (Å²) in [5, 5.41) is 11.4. The zero-order chi connectivity index (χ0) is 27.1. The molecule has 38 heavy (non-hydrogen) atoms. The Labute approximate surface area is 223 Å². The fourth-order valence-electron chi connectivity index (χ4n) is 4.69. The molecule has 2 amide bonds. The standard InChI is InChI=1S/C28H37N5O5/c1-19(2)13-14-29-28(35)27(22-12-11-20(36-3)16-25(22)37-4)32(17-21-8-7-15-38-21)26(34)18-33-24-10-6-5-9-23(24)30-31-33/h5-6,9-12,16,19,21,27H,7-8,13-15,17-18H2,1-4H3,(H,29,35)/t21-,27-/m0/s1. The van der Waals surface area contributed by atoms with Crippen LogP contribution in [0.25, 0.3) is 11.0 Å². The maximum Gasteiger partial charge on any atom is 0.247 e. The van der Waals surface area contributed by atoms with Crippen LogP contribution in [0.15, 0.2) is 42.5 Å². The van der Waals surface area contributed by atoms with Gasteiger partial charge in [0.15, 0.2) is 0 Å². The molecule has 10 nitrogen and oxygen atoms in total. The third-order valence-corrected chi connectivity index (χ3v) is 6.77. The molecule has 2 aromatic carbocycles. The first kappa shape index (κ1) is 27.4. The van der Waals surface area contributed by atoms with E-state index in [1.807, 2.05) is 24.3 Å². The van der Waals surface area contributed by atoms with Crippen molar-refractivity contribution in [2.24, 2.45) is 5.92 Å². The summed E-state index contributed by atoms with van der Waals surface area (Å²) in [6.07, 6.45) is 2.39. The Morgan fingerprint density at radius 2 is 2.00 bits per heavy atom. The van der Waals surface area contributed by atoms with E-state index in [9.17, 15) is 9.59 Å². The SMILES string of the molecule is COc1ccc([C@@H](C(=O)NCCC(C)C)N(C[C@@H]2CCCO2)C(=O)Cn2nnc3ccccc32)c(OC)c1. The van der Waals surface area contributed by atoms with Crippen LogP contribution in [-0.2, 0) is 20.9 Å². The summed E-state index contributed by atoms with van der Waals surface area (Å²) in [7, 11) is 3.11. The van der Waals surface area contributed by atoms with E-state index in [0.29, 0.717) is 41.6 Å². The molecule has 0 bridgehead atoms. The predicted octanol–water partition coefficient (Wildman–Crippen LogP) is 3.36. The van der Waals surface area contributed by atoms with Gasteiger partial charge < -0.3 is 24.4 Å². The molecular weight excluding hydrogens is 486 g/mol. The molecule has 0 spiro atoms. The Hall–Kier alpha value is -3.66. The van der Waals surface area contributed by atoms with Crippen molar-refractivity contribution in [3.63, 3.8) is 0 Å². The number of para-hydroxylation sites is 1. The number of nitrogens with one attached hydrogen (secondary N) is 1. The first-order chi connectivity index (χ1) is 18.4. The number of rotatable bonds is 12. The Balaban J connectivity index is 1.72. The van der Waals surface area contributed by atoms with Gasteiger partial charge in [-0.3, -0.25) is 9.59 Å². The molecule has 4 rings (SSSR count). The molecule has 2 heterocycles. The average Bonchev–Trinajstić information content (AvgIpc) is 3.58. The molecule has 0 radical (unpaired) electrons. The normalized spacial score (nSPS) is 16.0. The van der Waals surface area contributed by atoms with Crippen LogP contribution in [-0.4, -0.2) is 71.7 Å². The molecule has 1 saturated heterocycles. The van der Waals surface area contributed by atoms with Gasteiger partial charge in [-0.15, -0.1) is 5.10 Å². The third kappa shape index (κ3) is 6.42. The van der Waals surface area contributed by atoms with E-state index in [-0.39, 0.29) is 31.0 Å². The molecule has 1 fully saturated rings. The van der Waals surface area contributed by atoms with Crippen LogP contribution in [0.1, 0.15) is 44.7 Å². The Bertz CT molecular complexity index is 1240. The van der Waals surface area contributed by atoms with Gasteiger partial charge in [-0.1, -0.05) is 31.2 Å². The van der Waals surface area contributed by atoms with E-state index in [1.165, 1.54) is 0 Å². The second-order valence-corrected chi connectivity index (χ2v) is 9.90. The molecule has 0 unspecified atom stereocenters. The summed E-state index contributed by atoms with van der Waals surface area (Å²) < 4.78 is 18.5. The van der Waals surface area contributed by atoms with E-state index in [2.05, 4.69) is 29.5 Å². The van der Waals surface area contributed by atoms with Crippen LogP contribution in [0, 0.1) is 5.92 Å². The number of hydrogen-bond donors (Lipinski definition) is 1. The van der Waals surface area contributed by atoms with Crippen LogP contribution in [0.5, 0.6) is 11.5 Å². The number of carbonyl (C=O) groups excluding carboxylic acids is 2. The second kappa shape index (κ2) is 12.7. The first-order valence-corrected chi connectivity index (χ1v) is 13.1. The zero-order valence-electron chi connectivity index (χ0n) is 22.6. The van der Waals surface area contributed by atoms with E-state index in [0.717, 1.165) is 24.8 Å². The van der Waals surface area contributed by atoms with Gasteiger partial charge >= 0.3 is 0 Å². The minimum absolute atomic E-state index is 0.0680. The van der Waals surface area contributed by atoms with Gasteiger partial charge in [-0.25, -0.2) is 4.68 Å². The summed E-state index contributed by atoms with van der Waals surface area (Å²) in [6.45, 7) is 5.54. The van der Waals surface area contributed by atoms with Crippen molar-refractivity contribution in [3.8, 4) is 11.5 Å². The number of hydrogen-bond acceptors (Lipinski definition) is 7. The number of amides is 2. The highest BCUT2D eigenvalue weighted by molar-refractivity contribution is 5.90. The molecular formula is C28H37N5O5. The summed E-state index contributed by atoms with van der Waals surface area (Å²) in [4.78, 5) is 29.4.